The molecule has 1 N–H and O–H groups in total. The normalized spacial score (nSPS) is 13.1. The van der Waals surface area contributed by atoms with Crippen LogP contribution in [0.4, 0.5) is 10.1 Å². The lowest BCUT2D eigenvalue weighted by atomic mass is 10.1. The van der Waals surface area contributed by atoms with Gasteiger partial charge in [0.15, 0.2) is 0 Å². The van der Waals surface area contributed by atoms with Gasteiger partial charge in [-0.3, -0.25) is 13.9 Å². The van der Waals surface area contributed by atoms with Gasteiger partial charge in [-0.2, -0.15) is 0 Å². The van der Waals surface area contributed by atoms with Crippen molar-refractivity contribution in [3.05, 3.63) is 65.5 Å². The van der Waals surface area contributed by atoms with E-state index in [2.05, 4.69) is 5.32 Å². The summed E-state index contributed by atoms with van der Waals surface area (Å²) in [7, 11) is -3.85. The lowest BCUT2D eigenvalue weighted by molar-refractivity contribution is -0.140. The van der Waals surface area contributed by atoms with Gasteiger partial charge < -0.3 is 10.2 Å². The van der Waals surface area contributed by atoms with Crippen LogP contribution in [0.25, 0.3) is 0 Å². The van der Waals surface area contributed by atoms with E-state index in [9.17, 15) is 22.4 Å². The van der Waals surface area contributed by atoms with Gasteiger partial charge in [-0.1, -0.05) is 43.7 Å². The summed E-state index contributed by atoms with van der Waals surface area (Å²) in [5.41, 5.74) is 2.01. The quantitative estimate of drug-likeness (QED) is 0.520. The first-order valence-corrected chi connectivity index (χ1v) is 13.2. The van der Waals surface area contributed by atoms with Gasteiger partial charge in [-0.15, -0.1) is 0 Å². The Morgan fingerprint density at radius 3 is 2.24 bits per heavy atom. The van der Waals surface area contributed by atoms with Crippen LogP contribution in [0, 0.1) is 12.7 Å². The molecule has 0 spiro atoms. The van der Waals surface area contributed by atoms with E-state index in [1.807, 2.05) is 52.0 Å². The van der Waals surface area contributed by atoms with Crippen molar-refractivity contribution in [2.45, 2.75) is 59.2 Å². The minimum atomic E-state index is -3.85. The molecule has 0 aliphatic rings. The molecule has 0 saturated carbocycles. The third-order valence-electron chi connectivity index (χ3n) is 5.62. The molecule has 0 bridgehead atoms. The summed E-state index contributed by atoms with van der Waals surface area (Å²) < 4.78 is 39.4. The Bertz CT molecular complexity index is 1090. The third-order valence-corrected chi connectivity index (χ3v) is 6.76. The molecule has 2 aromatic rings. The Labute approximate surface area is 202 Å². The largest absolute Gasteiger partial charge is 0.352 e. The Morgan fingerprint density at radius 1 is 1.06 bits per heavy atom. The summed E-state index contributed by atoms with van der Waals surface area (Å²) in [5.74, 6) is -1.33. The van der Waals surface area contributed by atoms with Gasteiger partial charge in [0.2, 0.25) is 21.8 Å². The average molecular weight is 492 g/mol. The van der Waals surface area contributed by atoms with Gasteiger partial charge in [0.05, 0.1) is 11.9 Å². The molecule has 2 rings (SSSR count). The molecule has 186 valence electrons. The van der Waals surface area contributed by atoms with Crippen molar-refractivity contribution in [3.63, 3.8) is 0 Å². The van der Waals surface area contributed by atoms with Crippen molar-refractivity contribution in [1.82, 2.24) is 10.2 Å². The van der Waals surface area contributed by atoms with E-state index in [0.29, 0.717) is 6.42 Å². The first kappa shape index (κ1) is 27.3. The number of rotatable bonds is 11. The number of aryl methyl sites for hydroxylation is 1. The van der Waals surface area contributed by atoms with Crippen LogP contribution in [0.2, 0.25) is 0 Å². The van der Waals surface area contributed by atoms with E-state index < -0.39 is 34.3 Å². The van der Waals surface area contributed by atoms with Crippen molar-refractivity contribution >= 4 is 27.5 Å². The molecule has 0 aliphatic carbocycles. The molecule has 0 unspecified atom stereocenters. The van der Waals surface area contributed by atoms with Crippen LogP contribution in [-0.4, -0.2) is 50.0 Å². The Hall–Kier alpha value is -2.94. The summed E-state index contributed by atoms with van der Waals surface area (Å²) in [4.78, 5) is 28.0. The third kappa shape index (κ3) is 7.55. The zero-order chi connectivity index (χ0) is 25.5. The van der Waals surface area contributed by atoms with Crippen LogP contribution < -0.4 is 9.62 Å². The summed E-state index contributed by atoms with van der Waals surface area (Å²) in [6, 6.07) is 11.6. The van der Waals surface area contributed by atoms with Crippen molar-refractivity contribution in [3.8, 4) is 0 Å². The maximum Gasteiger partial charge on any atom is 0.244 e. The molecule has 0 aliphatic heterocycles. The van der Waals surface area contributed by atoms with Crippen molar-refractivity contribution in [2.75, 3.05) is 17.1 Å². The smallest absolute Gasteiger partial charge is 0.244 e. The number of nitrogens with one attached hydrogen (secondary N) is 1. The summed E-state index contributed by atoms with van der Waals surface area (Å²) in [6.07, 6.45) is 2.08. The number of amides is 2. The van der Waals surface area contributed by atoms with Gasteiger partial charge in [0, 0.05) is 12.6 Å². The van der Waals surface area contributed by atoms with Crippen LogP contribution in [0.3, 0.4) is 0 Å². The summed E-state index contributed by atoms with van der Waals surface area (Å²) in [5, 5.41) is 2.93. The molecule has 2 amide bonds. The van der Waals surface area contributed by atoms with Gasteiger partial charge in [0.1, 0.15) is 18.4 Å². The van der Waals surface area contributed by atoms with E-state index in [1.54, 1.807) is 0 Å². The Kier molecular flexibility index (Phi) is 9.61. The fourth-order valence-electron chi connectivity index (χ4n) is 3.59. The topological polar surface area (TPSA) is 86.8 Å². The molecular weight excluding hydrogens is 457 g/mol. The van der Waals surface area contributed by atoms with Crippen LogP contribution in [0.1, 0.15) is 44.7 Å². The first-order valence-electron chi connectivity index (χ1n) is 11.3. The van der Waals surface area contributed by atoms with Gasteiger partial charge in [0.25, 0.3) is 0 Å². The number of hydrogen-bond acceptors (Lipinski definition) is 4. The predicted molar refractivity (Wildman–Crippen MR) is 132 cm³/mol. The highest BCUT2D eigenvalue weighted by atomic mass is 32.2. The number of halogens is 1. The zero-order valence-electron chi connectivity index (χ0n) is 20.4. The number of hydrogen-bond donors (Lipinski definition) is 1. The monoisotopic (exact) mass is 491 g/mol. The van der Waals surface area contributed by atoms with E-state index in [0.717, 1.165) is 40.2 Å². The standard InChI is InChI=1S/C25H34FN3O4S/c1-6-19(4)27-25(31)23(7-2)28(16-20-10-8-9-18(3)15-20)24(30)17-29(34(5,32)33)22-13-11-21(26)12-14-22/h8-15,19,23H,6-7,16-17H2,1-5H3,(H,27,31)/t19-,23-/m1/s1. The number of anilines is 1. The zero-order valence-corrected chi connectivity index (χ0v) is 21.2. The number of benzene rings is 2. The van der Waals surface area contributed by atoms with Crippen LogP contribution in [0.15, 0.2) is 48.5 Å². The highest BCUT2D eigenvalue weighted by Crippen LogP contribution is 2.20. The lowest BCUT2D eigenvalue weighted by Crippen LogP contribution is -2.53. The maximum atomic E-state index is 13.6. The van der Waals surface area contributed by atoms with E-state index in [1.165, 1.54) is 17.0 Å². The second kappa shape index (κ2) is 12.0. The minimum Gasteiger partial charge on any atom is -0.352 e. The molecule has 0 aromatic heterocycles. The summed E-state index contributed by atoms with van der Waals surface area (Å²) >= 11 is 0. The first-order chi connectivity index (χ1) is 16.0. The van der Waals surface area contributed by atoms with E-state index in [-0.39, 0.29) is 24.2 Å². The van der Waals surface area contributed by atoms with Gasteiger partial charge >= 0.3 is 0 Å². The average Bonchev–Trinajstić information content (AvgIpc) is 2.77. The maximum absolute atomic E-state index is 13.6. The van der Waals surface area contributed by atoms with Crippen LogP contribution in [-0.2, 0) is 26.2 Å². The molecule has 0 heterocycles. The number of nitrogens with zero attached hydrogens (tertiary/aromatic N) is 2. The molecule has 0 radical (unpaired) electrons. The highest BCUT2D eigenvalue weighted by molar-refractivity contribution is 7.92. The van der Waals surface area contributed by atoms with Crippen LogP contribution in [0.5, 0.6) is 0 Å². The van der Waals surface area contributed by atoms with E-state index >= 15 is 0 Å². The molecule has 0 fully saturated rings. The lowest BCUT2D eigenvalue weighted by Gasteiger charge is -2.33. The number of sulfonamides is 1. The molecule has 0 saturated heterocycles. The molecule has 7 nitrogen and oxygen atoms in total. The van der Waals surface area contributed by atoms with Crippen LogP contribution >= 0.6 is 0 Å². The summed E-state index contributed by atoms with van der Waals surface area (Å²) in [6.45, 7) is 7.22. The second-order valence-corrected chi connectivity index (χ2v) is 10.4. The van der Waals surface area contributed by atoms with Crippen molar-refractivity contribution < 1.29 is 22.4 Å². The number of carbonyl (C=O) groups excluding carboxylic acids is 2. The second-order valence-electron chi connectivity index (χ2n) is 8.50. The van der Waals surface area contributed by atoms with Gasteiger partial charge in [-0.05, 0) is 56.5 Å². The highest BCUT2D eigenvalue weighted by Gasteiger charge is 2.32. The van der Waals surface area contributed by atoms with Gasteiger partial charge in [-0.25, -0.2) is 12.8 Å². The Morgan fingerprint density at radius 2 is 1.71 bits per heavy atom. The molecule has 34 heavy (non-hydrogen) atoms. The molecule has 2 atom stereocenters. The van der Waals surface area contributed by atoms with E-state index in [4.69, 9.17) is 0 Å². The fraction of sp³-hybridized carbons (Fsp3) is 0.440. The number of carbonyl (C=O) groups is 2. The SMILES string of the molecule is CC[C@@H](C)NC(=O)[C@@H](CC)N(Cc1cccc(C)c1)C(=O)CN(c1ccc(F)cc1)S(C)(=O)=O. The van der Waals surface area contributed by atoms with Crippen molar-refractivity contribution in [1.29, 1.82) is 0 Å². The fourth-order valence-corrected chi connectivity index (χ4v) is 4.44. The van der Waals surface area contributed by atoms with Crippen molar-refractivity contribution in [2.24, 2.45) is 0 Å². The Balaban J connectivity index is 2.43. The minimum absolute atomic E-state index is 0.0656. The molecular formula is C25H34FN3O4S. The predicted octanol–water partition coefficient (Wildman–Crippen LogP) is 3.62. The molecule has 2 aromatic carbocycles. The molecule has 9 heteroatoms.